The molecular weight excluding hydrogens is 416 g/mol. The van der Waals surface area contributed by atoms with Crippen LogP contribution in [0.2, 0.25) is 0 Å². The minimum atomic E-state index is -0.591. The van der Waals surface area contributed by atoms with Crippen LogP contribution in [0.3, 0.4) is 0 Å². The molecule has 9 heteroatoms. The summed E-state index contributed by atoms with van der Waals surface area (Å²) in [5.74, 6) is -0.161. The molecule has 0 radical (unpaired) electrons. The lowest BCUT2D eigenvalue weighted by Gasteiger charge is -2.26. The van der Waals surface area contributed by atoms with Gasteiger partial charge in [-0.15, -0.1) is 5.10 Å². The zero-order valence-electron chi connectivity index (χ0n) is 17.7. The number of rotatable bonds is 9. The monoisotopic (exact) mass is 444 g/mol. The van der Waals surface area contributed by atoms with Crippen LogP contribution in [0.4, 0.5) is 0 Å². The second-order valence-electron chi connectivity index (χ2n) is 7.26. The fraction of sp³-hybridized carbons (Fsp3) is 0.455. The molecule has 1 amide bonds. The normalized spacial score (nSPS) is 19.8. The number of ether oxygens (including phenoxy) is 2. The smallest absolute Gasteiger partial charge is 0.331 e. The van der Waals surface area contributed by atoms with Crippen molar-refractivity contribution in [1.29, 1.82) is 0 Å². The number of esters is 1. The van der Waals surface area contributed by atoms with E-state index in [1.165, 1.54) is 46.0 Å². The molecule has 1 N–H and O–H groups in total. The van der Waals surface area contributed by atoms with Crippen LogP contribution in [0.15, 0.2) is 45.4 Å². The fourth-order valence-electron chi connectivity index (χ4n) is 3.25. The summed E-state index contributed by atoms with van der Waals surface area (Å²) in [7, 11) is 1.25. The van der Waals surface area contributed by atoms with E-state index in [1.54, 1.807) is 6.21 Å². The molecule has 0 bridgehead atoms. The molecule has 2 saturated heterocycles. The van der Waals surface area contributed by atoms with Gasteiger partial charge in [-0.05, 0) is 86.9 Å². The van der Waals surface area contributed by atoms with Crippen LogP contribution in [-0.2, 0) is 14.3 Å². The first kappa shape index (κ1) is 23.0. The Hall–Kier alpha value is -2.65. The van der Waals surface area contributed by atoms with Gasteiger partial charge in [-0.3, -0.25) is 10.1 Å². The SMILES string of the molecule is COC(=O)/C=C1/S/C(=N\N=Cc2ccc(OCCCCN3CCCCC3)cc2)NC1=O. The van der Waals surface area contributed by atoms with Gasteiger partial charge in [-0.1, -0.05) is 6.42 Å². The Morgan fingerprint density at radius 3 is 2.71 bits per heavy atom. The van der Waals surface area contributed by atoms with E-state index in [2.05, 4.69) is 25.2 Å². The molecule has 8 nitrogen and oxygen atoms in total. The van der Waals surface area contributed by atoms with Crippen LogP contribution in [0.5, 0.6) is 5.75 Å². The molecule has 166 valence electrons. The summed E-state index contributed by atoms with van der Waals surface area (Å²) >= 11 is 1.03. The Labute approximate surface area is 186 Å². The lowest BCUT2D eigenvalue weighted by atomic mass is 10.1. The number of likely N-dealkylation sites (tertiary alicyclic amines) is 1. The van der Waals surface area contributed by atoms with Crippen molar-refractivity contribution >= 4 is 35.0 Å². The highest BCUT2D eigenvalue weighted by atomic mass is 32.2. The van der Waals surface area contributed by atoms with Crippen LogP contribution >= 0.6 is 11.8 Å². The maximum Gasteiger partial charge on any atom is 0.331 e. The Balaban J connectivity index is 1.38. The molecule has 31 heavy (non-hydrogen) atoms. The third-order valence-electron chi connectivity index (χ3n) is 4.92. The summed E-state index contributed by atoms with van der Waals surface area (Å²) in [6.45, 7) is 4.37. The van der Waals surface area contributed by atoms with Gasteiger partial charge in [-0.2, -0.15) is 5.10 Å². The molecule has 0 unspecified atom stereocenters. The molecule has 0 spiro atoms. The van der Waals surface area contributed by atoms with Gasteiger partial charge < -0.3 is 14.4 Å². The predicted molar refractivity (Wildman–Crippen MR) is 122 cm³/mol. The van der Waals surface area contributed by atoms with Gasteiger partial charge in [-0.25, -0.2) is 4.79 Å². The summed E-state index contributed by atoms with van der Waals surface area (Å²) in [5, 5.41) is 10.8. The van der Waals surface area contributed by atoms with Crippen molar-refractivity contribution in [2.75, 3.05) is 33.4 Å². The summed E-state index contributed by atoms with van der Waals surface area (Å²) < 4.78 is 10.3. The number of carbonyl (C=O) groups is 2. The third-order valence-corrected chi connectivity index (χ3v) is 5.82. The summed E-state index contributed by atoms with van der Waals surface area (Å²) in [5.41, 5.74) is 0.862. The maximum absolute atomic E-state index is 11.8. The molecule has 0 atom stereocenters. The van der Waals surface area contributed by atoms with E-state index in [1.807, 2.05) is 24.3 Å². The Kier molecular flexibility index (Phi) is 9.11. The number of methoxy groups -OCH3 is 1. The second kappa shape index (κ2) is 12.3. The van der Waals surface area contributed by atoms with E-state index in [9.17, 15) is 9.59 Å². The fourth-order valence-corrected chi connectivity index (χ4v) is 3.99. The first-order valence-corrected chi connectivity index (χ1v) is 11.3. The van der Waals surface area contributed by atoms with E-state index < -0.39 is 11.9 Å². The minimum Gasteiger partial charge on any atom is -0.494 e. The second-order valence-corrected chi connectivity index (χ2v) is 8.30. The number of hydrogen-bond donors (Lipinski definition) is 1. The number of amidine groups is 1. The summed E-state index contributed by atoms with van der Waals surface area (Å²) in [4.78, 5) is 25.8. The quantitative estimate of drug-likeness (QED) is 0.207. The largest absolute Gasteiger partial charge is 0.494 e. The molecule has 0 aliphatic carbocycles. The summed E-state index contributed by atoms with van der Waals surface area (Å²) in [6.07, 6.45) is 8.96. The first-order chi connectivity index (χ1) is 15.1. The lowest BCUT2D eigenvalue weighted by Crippen LogP contribution is -2.30. The summed E-state index contributed by atoms with van der Waals surface area (Å²) in [6, 6.07) is 7.61. The number of amides is 1. The molecule has 2 aliphatic rings. The maximum atomic E-state index is 11.8. The zero-order chi connectivity index (χ0) is 21.9. The topological polar surface area (TPSA) is 92.6 Å². The van der Waals surface area contributed by atoms with E-state index in [-0.39, 0.29) is 4.91 Å². The number of hydrogen-bond acceptors (Lipinski definition) is 8. The molecule has 2 fully saturated rings. The van der Waals surface area contributed by atoms with Crippen LogP contribution < -0.4 is 10.1 Å². The van der Waals surface area contributed by atoms with Crippen molar-refractivity contribution in [1.82, 2.24) is 10.2 Å². The predicted octanol–water partition coefficient (Wildman–Crippen LogP) is 2.94. The molecule has 1 aromatic rings. The highest BCUT2D eigenvalue weighted by molar-refractivity contribution is 8.18. The molecule has 1 aromatic carbocycles. The number of nitrogens with zero attached hydrogens (tertiary/aromatic N) is 3. The van der Waals surface area contributed by atoms with Gasteiger partial charge in [0.15, 0.2) is 5.17 Å². The van der Waals surface area contributed by atoms with E-state index in [4.69, 9.17) is 4.74 Å². The van der Waals surface area contributed by atoms with E-state index in [0.29, 0.717) is 11.8 Å². The van der Waals surface area contributed by atoms with Crippen LogP contribution in [-0.4, -0.2) is 61.5 Å². The van der Waals surface area contributed by atoms with Crippen molar-refractivity contribution in [3.63, 3.8) is 0 Å². The van der Waals surface area contributed by atoms with Gasteiger partial charge in [0.1, 0.15) is 5.75 Å². The highest BCUT2D eigenvalue weighted by Crippen LogP contribution is 2.23. The number of piperidine rings is 1. The number of benzene rings is 1. The minimum absolute atomic E-state index is 0.221. The third kappa shape index (κ3) is 7.84. The van der Waals surface area contributed by atoms with Crippen molar-refractivity contribution < 1.29 is 19.1 Å². The Morgan fingerprint density at radius 1 is 1.19 bits per heavy atom. The van der Waals surface area contributed by atoms with Crippen LogP contribution in [0.1, 0.15) is 37.7 Å². The van der Waals surface area contributed by atoms with Gasteiger partial charge in [0.25, 0.3) is 5.91 Å². The number of nitrogens with one attached hydrogen (secondary N) is 1. The van der Waals surface area contributed by atoms with Crippen molar-refractivity contribution in [2.24, 2.45) is 10.2 Å². The van der Waals surface area contributed by atoms with Crippen molar-refractivity contribution in [3.05, 3.63) is 40.8 Å². The number of thioether (sulfide) groups is 1. The van der Waals surface area contributed by atoms with Gasteiger partial charge in [0, 0.05) is 6.08 Å². The lowest BCUT2D eigenvalue weighted by molar-refractivity contribution is -0.135. The standard InChI is InChI=1S/C22H28N4O4S/c1-29-20(27)15-19-21(28)24-22(31-19)25-23-16-17-7-9-18(10-8-17)30-14-6-5-13-26-11-3-2-4-12-26/h7-10,15-16H,2-6,11-14H2,1H3,(H,24,25,28)/b19-15+,23-16?. The van der Waals surface area contributed by atoms with Gasteiger partial charge >= 0.3 is 5.97 Å². The highest BCUT2D eigenvalue weighted by Gasteiger charge is 2.24. The number of carbonyl (C=O) groups excluding carboxylic acids is 2. The molecule has 3 rings (SSSR count). The molecule has 2 heterocycles. The zero-order valence-corrected chi connectivity index (χ0v) is 18.5. The van der Waals surface area contributed by atoms with Gasteiger partial charge in [0.2, 0.25) is 0 Å². The Bertz CT molecular complexity index is 846. The van der Waals surface area contributed by atoms with E-state index in [0.717, 1.165) is 42.0 Å². The van der Waals surface area contributed by atoms with E-state index >= 15 is 0 Å². The average molecular weight is 445 g/mol. The van der Waals surface area contributed by atoms with Crippen molar-refractivity contribution in [2.45, 2.75) is 32.1 Å². The Morgan fingerprint density at radius 2 is 1.97 bits per heavy atom. The molecular formula is C22H28N4O4S. The first-order valence-electron chi connectivity index (χ1n) is 10.5. The molecule has 0 saturated carbocycles. The molecule has 0 aromatic heterocycles. The number of unbranched alkanes of at least 4 members (excludes halogenated alkanes) is 1. The van der Waals surface area contributed by atoms with Crippen LogP contribution in [0.25, 0.3) is 0 Å². The van der Waals surface area contributed by atoms with Gasteiger partial charge in [0.05, 0.1) is 24.8 Å². The van der Waals surface area contributed by atoms with Crippen LogP contribution in [0, 0.1) is 0 Å². The average Bonchev–Trinajstić information content (AvgIpc) is 3.14. The molecule has 2 aliphatic heterocycles. The van der Waals surface area contributed by atoms with Crippen molar-refractivity contribution in [3.8, 4) is 5.75 Å².